The third-order valence-electron chi connectivity index (χ3n) is 6.98. The lowest BCUT2D eigenvalue weighted by Gasteiger charge is -2.31. The van der Waals surface area contributed by atoms with Crippen molar-refractivity contribution >= 4 is 16.9 Å². The van der Waals surface area contributed by atoms with E-state index in [9.17, 15) is 19.1 Å². The summed E-state index contributed by atoms with van der Waals surface area (Å²) < 4.78 is 21.2. The Morgan fingerprint density at radius 3 is 2.66 bits per heavy atom. The van der Waals surface area contributed by atoms with Crippen LogP contribution in [0, 0.1) is 19.7 Å². The number of esters is 1. The van der Waals surface area contributed by atoms with Crippen LogP contribution in [0.2, 0.25) is 0 Å². The van der Waals surface area contributed by atoms with E-state index in [1.165, 1.54) is 6.07 Å². The number of benzene rings is 1. The second-order valence-electron chi connectivity index (χ2n) is 8.75. The number of nitrogens with zero attached hydrogens (tertiary/aromatic N) is 2. The van der Waals surface area contributed by atoms with Crippen LogP contribution in [0.4, 0.5) is 4.39 Å². The molecule has 3 aromatic rings. The molecule has 0 radical (unpaired) electrons. The van der Waals surface area contributed by atoms with Crippen molar-refractivity contribution in [3.8, 4) is 11.4 Å². The van der Waals surface area contributed by atoms with E-state index >= 15 is 0 Å². The molecular formula is C24H24FN3O4. The summed E-state index contributed by atoms with van der Waals surface area (Å²) in [5.41, 5.74) is 9.03. The molecule has 0 saturated carbocycles. The Hall–Kier alpha value is -3.10. The second-order valence-corrected chi connectivity index (χ2v) is 8.75. The molecule has 2 aliphatic rings. The van der Waals surface area contributed by atoms with Gasteiger partial charge in [-0.3, -0.25) is 4.79 Å². The molecule has 5 rings (SSSR count). The van der Waals surface area contributed by atoms with Crippen molar-refractivity contribution in [1.29, 1.82) is 0 Å². The second kappa shape index (κ2) is 6.70. The van der Waals surface area contributed by atoms with Crippen LogP contribution in [0.3, 0.4) is 0 Å². The number of hydrogen-bond donors (Lipinski definition) is 2. The monoisotopic (exact) mass is 437 g/mol. The van der Waals surface area contributed by atoms with Crippen LogP contribution < -0.4 is 11.3 Å². The number of carbonyl (C=O) groups excluding carboxylic acids is 1. The van der Waals surface area contributed by atoms with Gasteiger partial charge in [-0.1, -0.05) is 6.92 Å². The molecule has 0 fully saturated rings. The molecule has 4 heterocycles. The predicted molar refractivity (Wildman–Crippen MR) is 117 cm³/mol. The van der Waals surface area contributed by atoms with Gasteiger partial charge >= 0.3 is 5.97 Å². The first kappa shape index (κ1) is 20.8. The van der Waals surface area contributed by atoms with Gasteiger partial charge in [0.25, 0.3) is 5.56 Å². The summed E-state index contributed by atoms with van der Waals surface area (Å²) in [6.07, 6.45) is 0.0640. The van der Waals surface area contributed by atoms with Crippen LogP contribution in [0.25, 0.3) is 22.3 Å². The Morgan fingerprint density at radius 1 is 1.28 bits per heavy atom. The summed E-state index contributed by atoms with van der Waals surface area (Å²) in [5.74, 6) is -1.13. The minimum absolute atomic E-state index is 0.0640. The van der Waals surface area contributed by atoms with Gasteiger partial charge in [-0.2, -0.15) is 0 Å². The van der Waals surface area contributed by atoms with E-state index in [2.05, 4.69) is 0 Å². The number of fused-ring (bicyclic) bond motifs is 5. The predicted octanol–water partition coefficient (Wildman–Crippen LogP) is 2.86. The highest BCUT2D eigenvalue weighted by Crippen LogP contribution is 2.42. The summed E-state index contributed by atoms with van der Waals surface area (Å²) in [7, 11) is 0. The lowest BCUT2D eigenvalue weighted by molar-refractivity contribution is -0.172. The summed E-state index contributed by atoms with van der Waals surface area (Å²) in [4.78, 5) is 30.4. The third kappa shape index (κ3) is 2.50. The minimum Gasteiger partial charge on any atom is -0.458 e. The van der Waals surface area contributed by atoms with Gasteiger partial charge in [0.05, 0.1) is 29.0 Å². The minimum atomic E-state index is -1.90. The van der Waals surface area contributed by atoms with E-state index in [-0.39, 0.29) is 48.1 Å². The van der Waals surface area contributed by atoms with Gasteiger partial charge in [-0.15, -0.1) is 0 Å². The highest BCUT2D eigenvalue weighted by Gasteiger charge is 2.45. The number of carbonyl (C=O) groups is 1. The van der Waals surface area contributed by atoms with Gasteiger partial charge < -0.3 is 20.1 Å². The van der Waals surface area contributed by atoms with Crippen LogP contribution in [0.1, 0.15) is 59.7 Å². The number of nitrogens with two attached hydrogens (primary N) is 1. The van der Waals surface area contributed by atoms with Gasteiger partial charge in [-0.05, 0) is 49.9 Å². The first-order valence-corrected chi connectivity index (χ1v) is 10.6. The first-order chi connectivity index (χ1) is 15.1. The average Bonchev–Trinajstić information content (AvgIpc) is 3.12. The van der Waals surface area contributed by atoms with Crippen molar-refractivity contribution in [2.75, 3.05) is 0 Å². The number of pyridine rings is 2. The zero-order valence-corrected chi connectivity index (χ0v) is 18.4. The standard InChI is InChI=1S/C24H24FN3O4/c1-5-24(31)15-6-18-21-13(8-28(18)22(29)14(15)9-32-23(24)30)20(12(4)26)19-11(3)10(2)16(25)7-17(19)27-21/h6-7,12,31H,5,8-9,26H2,1-4H3/t12-,24+/m1/s1. The Bertz CT molecular complexity index is 1410. The topological polar surface area (TPSA) is 107 Å². The van der Waals surface area contributed by atoms with Gasteiger partial charge in [0.15, 0.2) is 5.60 Å². The lowest BCUT2D eigenvalue weighted by Crippen LogP contribution is -2.44. The van der Waals surface area contributed by atoms with Crippen LogP contribution in [-0.2, 0) is 28.3 Å². The number of hydrogen-bond acceptors (Lipinski definition) is 6. The maximum atomic E-state index is 14.6. The Balaban J connectivity index is 1.88. The van der Waals surface area contributed by atoms with E-state index < -0.39 is 11.6 Å². The van der Waals surface area contributed by atoms with Gasteiger partial charge in [0.1, 0.15) is 12.4 Å². The molecular weight excluding hydrogens is 413 g/mol. The van der Waals surface area contributed by atoms with Crippen molar-refractivity contribution in [2.45, 2.75) is 58.9 Å². The number of aryl methyl sites for hydroxylation is 1. The number of halogens is 1. The molecule has 0 amide bonds. The molecule has 2 aliphatic heterocycles. The Kier molecular flexibility index (Phi) is 4.35. The highest BCUT2D eigenvalue weighted by molar-refractivity contribution is 5.92. The van der Waals surface area contributed by atoms with Gasteiger partial charge in [0.2, 0.25) is 0 Å². The molecule has 2 atom stereocenters. The zero-order valence-electron chi connectivity index (χ0n) is 18.4. The molecule has 3 N–H and O–H groups in total. The molecule has 1 aromatic carbocycles. The van der Waals surface area contributed by atoms with Gasteiger partial charge in [-0.25, -0.2) is 14.2 Å². The van der Waals surface area contributed by atoms with Crippen molar-refractivity contribution in [3.63, 3.8) is 0 Å². The van der Waals surface area contributed by atoms with E-state index in [1.54, 1.807) is 24.5 Å². The molecule has 8 heteroatoms. The van der Waals surface area contributed by atoms with Crippen molar-refractivity contribution in [2.24, 2.45) is 5.73 Å². The summed E-state index contributed by atoms with van der Waals surface area (Å²) >= 11 is 0. The highest BCUT2D eigenvalue weighted by atomic mass is 19.1. The molecule has 2 aromatic heterocycles. The Morgan fingerprint density at radius 2 is 2.00 bits per heavy atom. The number of ether oxygens (including phenoxy) is 1. The fourth-order valence-corrected chi connectivity index (χ4v) is 5.04. The Labute approximate surface area is 183 Å². The maximum Gasteiger partial charge on any atom is 0.343 e. The van der Waals surface area contributed by atoms with Crippen LogP contribution >= 0.6 is 0 Å². The van der Waals surface area contributed by atoms with E-state index in [4.69, 9.17) is 15.5 Å². The van der Waals surface area contributed by atoms with Gasteiger partial charge in [0, 0.05) is 28.6 Å². The van der Waals surface area contributed by atoms with E-state index in [0.29, 0.717) is 22.5 Å². The summed E-state index contributed by atoms with van der Waals surface area (Å²) in [5, 5.41) is 11.8. The molecule has 0 spiro atoms. The molecule has 0 unspecified atom stereocenters. The molecule has 7 nitrogen and oxygen atoms in total. The number of cyclic esters (lactones) is 1. The first-order valence-electron chi connectivity index (χ1n) is 10.6. The van der Waals surface area contributed by atoms with Crippen LogP contribution in [0.5, 0.6) is 0 Å². The van der Waals surface area contributed by atoms with E-state index in [1.807, 2.05) is 13.8 Å². The molecule has 0 bridgehead atoms. The van der Waals surface area contributed by atoms with Crippen molar-refractivity contribution in [3.05, 3.63) is 61.7 Å². The average molecular weight is 437 g/mol. The lowest BCUT2D eigenvalue weighted by atomic mass is 9.86. The quantitative estimate of drug-likeness (QED) is 0.467. The molecule has 166 valence electrons. The maximum absolute atomic E-state index is 14.6. The van der Waals surface area contributed by atoms with E-state index in [0.717, 1.165) is 22.1 Å². The number of aromatic nitrogens is 2. The number of aliphatic hydroxyl groups is 1. The normalized spacial score (nSPS) is 20.0. The molecule has 0 aliphatic carbocycles. The fourth-order valence-electron chi connectivity index (χ4n) is 5.04. The SMILES string of the molecule is CC[C@@]1(O)C(=O)OCc2c1cc1n(c2=O)Cc2c-1nc1cc(F)c(C)c(C)c1c2[C@@H](C)N. The van der Waals surface area contributed by atoms with Crippen molar-refractivity contribution < 1.29 is 19.0 Å². The zero-order chi connectivity index (χ0) is 23.1. The summed E-state index contributed by atoms with van der Waals surface area (Å²) in [6, 6.07) is 2.66. The van der Waals surface area contributed by atoms with Crippen molar-refractivity contribution in [1.82, 2.24) is 9.55 Å². The third-order valence-corrected chi connectivity index (χ3v) is 6.98. The molecule has 32 heavy (non-hydrogen) atoms. The molecule has 0 saturated heterocycles. The number of rotatable bonds is 2. The summed E-state index contributed by atoms with van der Waals surface area (Å²) in [6.45, 7) is 7.14. The van der Waals surface area contributed by atoms with Crippen LogP contribution in [0.15, 0.2) is 16.9 Å². The fraction of sp³-hybridized carbons (Fsp3) is 0.375. The smallest absolute Gasteiger partial charge is 0.343 e. The largest absolute Gasteiger partial charge is 0.458 e. The van der Waals surface area contributed by atoms with Crippen LogP contribution in [-0.4, -0.2) is 20.6 Å².